The molecule has 0 aromatic heterocycles. The lowest BCUT2D eigenvalue weighted by Crippen LogP contribution is -2.30. The van der Waals surface area contributed by atoms with E-state index in [-0.39, 0.29) is 5.84 Å². The van der Waals surface area contributed by atoms with Crippen molar-refractivity contribution in [3.05, 3.63) is 23.8 Å². The van der Waals surface area contributed by atoms with Crippen molar-refractivity contribution in [2.24, 2.45) is 10.1 Å². The van der Waals surface area contributed by atoms with Crippen LogP contribution in [0.15, 0.2) is 22.6 Å². The number of hydrogen-bond acceptors (Lipinski definition) is 4. The van der Waals surface area contributed by atoms with Crippen LogP contribution in [0.5, 0.6) is 0 Å². The molecule has 2 aliphatic rings. The summed E-state index contributed by atoms with van der Waals surface area (Å²) in [7, 11) is -3.69. The van der Waals surface area contributed by atoms with Gasteiger partial charge >= 0.3 is 10.2 Å². The van der Waals surface area contributed by atoms with Gasteiger partial charge in [0.15, 0.2) is 0 Å². The SMILES string of the molecule is NC1=NS(=O)(=O)Nc2cccc(N3CCCC3)c21. The highest BCUT2D eigenvalue weighted by atomic mass is 32.2. The third-order valence-electron chi connectivity index (χ3n) is 3.20. The Hall–Kier alpha value is -1.76. The van der Waals surface area contributed by atoms with E-state index in [1.165, 1.54) is 0 Å². The zero-order valence-electron chi connectivity index (χ0n) is 9.76. The van der Waals surface area contributed by atoms with Crippen molar-refractivity contribution >= 4 is 27.4 Å². The topological polar surface area (TPSA) is 87.8 Å². The van der Waals surface area contributed by atoms with Gasteiger partial charge in [0.05, 0.1) is 11.3 Å². The highest BCUT2D eigenvalue weighted by molar-refractivity contribution is 7.91. The molecule has 1 fully saturated rings. The van der Waals surface area contributed by atoms with Crippen molar-refractivity contribution in [1.82, 2.24) is 0 Å². The number of nitrogens with zero attached hydrogens (tertiary/aromatic N) is 2. The van der Waals surface area contributed by atoms with Crippen LogP contribution in [0.4, 0.5) is 11.4 Å². The summed E-state index contributed by atoms with van der Waals surface area (Å²) in [5.41, 5.74) is 7.94. The van der Waals surface area contributed by atoms with Crippen LogP contribution in [0.25, 0.3) is 0 Å². The van der Waals surface area contributed by atoms with Crippen molar-refractivity contribution < 1.29 is 8.42 Å². The number of nitrogens with one attached hydrogen (secondary N) is 1. The summed E-state index contributed by atoms with van der Waals surface area (Å²) in [4.78, 5) is 2.21. The Balaban J connectivity index is 2.15. The predicted octanol–water partition coefficient (Wildman–Crippen LogP) is 0.662. The molecule has 2 heterocycles. The second kappa shape index (κ2) is 3.88. The highest BCUT2D eigenvalue weighted by Gasteiger charge is 2.26. The van der Waals surface area contributed by atoms with Crippen molar-refractivity contribution in [3.63, 3.8) is 0 Å². The third kappa shape index (κ3) is 1.80. The molecule has 2 aliphatic heterocycles. The largest absolute Gasteiger partial charge is 0.382 e. The lowest BCUT2D eigenvalue weighted by molar-refractivity contribution is 0.602. The molecular formula is C11H14N4O2S. The second-order valence-corrected chi connectivity index (χ2v) is 5.78. The van der Waals surface area contributed by atoms with E-state index in [1.54, 1.807) is 6.07 Å². The molecule has 1 saturated heterocycles. The summed E-state index contributed by atoms with van der Waals surface area (Å²) < 4.78 is 28.9. The maximum Gasteiger partial charge on any atom is 0.344 e. The van der Waals surface area contributed by atoms with Gasteiger partial charge in [-0.05, 0) is 25.0 Å². The van der Waals surface area contributed by atoms with E-state index in [2.05, 4.69) is 14.0 Å². The molecule has 7 heteroatoms. The van der Waals surface area contributed by atoms with Gasteiger partial charge in [-0.3, -0.25) is 4.72 Å². The van der Waals surface area contributed by atoms with Gasteiger partial charge in [0.2, 0.25) is 0 Å². The van der Waals surface area contributed by atoms with E-state index in [0.717, 1.165) is 31.6 Å². The Morgan fingerprint density at radius 3 is 2.72 bits per heavy atom. The lowest BCUT2D eigenvalue weighted by atomic mass is 10.1. The number of benzene rings is 1. The second-order valence-electron chi connectivity index (χ2n) is 4.45. The number of hydrogen-bond donors (Lipinski definition) is 2. The predicted molar refractivity (Wildman–Crippen MR) is 71.2 cm³/mol. The van der Waals surface area contributed by atoms with Crippen molar-refractivity contribution in [1.29, 1.82) is 0 Å². The molecule has 0 atom stereocenters. The molecule has 0 unspecified atom stereocenters. The first-order valence-electron chi connectivity index (χ1n) is 5.83. The monoisotopic (exact) mass is 266 g/mol. The van der Waals surface area contributed by atoms with E-state index in [9.17, 15) is 8.42 Å². The van der Waals surface area contributed by atoms with Crippen LogP contribution in [0.3, 0.4) is 0 Å². The number of nitrogens with two attached hydrogens (primary N) is 1. The molecule has 6 nitrogen and oxygen atoms in total. The van der Waals surface area contributed by atoms with E-state index in [4.69, 9.17) is 5.73 Å². The molecule has 0 spiro atoms. The summed E-state index contributed by atoms with van der Waals surface area (Å²) in [6, 6.07) is 5.48. The van der Waals surface area contributed by atoms with E-state index >= 15 is 0 Å². The molecule has 0 saturated carbocycles. The first-order chi connectivity index (χ1) is 8.57. The summed E-state index contributed by atoms with van der Waals surface area (Å²) in [5.74, 6) is 0.0613. The van der Waals surface area contributed by atoms with Gasteiger partial charge in [0.25, 0.3) is 0 Å². The zero-order chi connectivity index (χ0) is 12.8. The first kappa shape index (κ1) is 11.3. The van der Waals surface area contributed by atoms with E-state index in [1.807, 2.05) is 12.1 Å². The fraction of sp³-hybridized carbons (Fsp3) is 0.364. The fourth-order valence-corrected chi connectivity index (χ4v) is 3.30. The van der Waals surface area contributed by atoms with Crippen LogP contribution >= 0.6 is 0 Å². The van der Waals surface area contributed by atoms with Crippen LogP contribution < -0.4 is 15.4 Å². The Kier molecular flexibility index (Phi) is 2.44. The van der Waals surface area contributed by atoms with Gasteiger partial charge in [-0.1, -0.05) is 6.07 Å². The van der Waals surface area contributed by atoms with Crippen molar-refractivity contribution in [2.45, 2.75) is 12.8 Å². The fourth-order valence-electron chi connectivity index (χ4n) is 2.45. The minimum absolute atomic E-state index is 0.0613. The van der Waals surface area contributed by atoms with Crippen LogP contribution in [0.1, 0.15) is 18.4 Å². The maximum absolute atomic E-state index is 11.5. The maximum atomic E-state index is 11.5. The van der Waals surface area contributed by atoms with Crippen molar-refractivity contribution in [2.75, 3.05) is 22.7 Å². The third-order valence-corrected chi connectivity index (χ3v) is 4.12. The van der Waals surface area contributed by atoms with Crippen LogP contribution in [0.2, 0.25) is 0 Å². The number of fused-ring (bicyclic) bond motifs is 1. The quantitative estimate of drug-likeness (QED) is 0.781. The summed E-state index contributed by atoms with van der Waals surface area (Å²) in [6.45, 7) is 1.94. The van der Waals surface area contributed by atoms with Crippen LogP contribution in [0, 0.1) is 0 Å². The van der Waals surface area contributed by atoms with E-state index in [0.29, 0.717) is 11.3 Å². The minimum atomic E-state index is -3.69. The van der Waals surface area contributed by atoms with Gasteiger partial charge in [-0.25, -0.2) is 0 Å². The molecule has 1 aromatic carbocycles. The van der Waals surface area contributed by atoms with E-state index < -0.39 is 10.2 Å². The smallest absolute Gasteiger partial charge is 0.344 e. The van der Waals surface area contributed by atoms with Gasteiger partial charge in [0.1, 0.15) is 5.84 Å². The molecule has 0 aliphatic carbocycles. The summed E-state index contributed by atoms with van der Waals surface area (Å²) >= 11 is 0. The first-order valence-corrected chi connectivity index (χ1v) is 7.27. The number of amidine groups is 1. The molecule has 3 rings (SSSR count). The van der Waals surface area contributed by atoms with Crippen LogP contribution in [-0.4, -0.2) is 27.3 Å². The van der Waals surface area contributed by atoms with Crippen LogP contribution in [-0.2, 0) is 10.2 Å². The Bertz CT molecular complexity index is 618. The molecule has 3 N–H and O–H groups in total. The number of anilines is 2. The molecule has 0 bridgehead atoms. The molecule has 0 radical (unpaired) electrons. The van der Waals surface area contributed by atoms with Gasteiger partial charge in [-0.2, -0.15) is 8.42 Å². The Morgan fingerprint density at radius 1 is 1.28 bits per heavy atom. The van der Waals surface area contributed by atoms with Crippen molar-refractivity contribution in [3.8, 4) is 0 Å². The minimum Gasteiger partial charge on any atom is -0.382 e. The normalized spacial score (nSPS) is 21.1. The molecule has 1 aromatic rings. The molecule has 96 valence electrons. The Labute approximate surface area is 106 Å². The number of rotatable bonds is 1. The average molecular weight is 266 g/mol. The van der Waals surface area contributed by atoms with Gasteiger partial charge in [0, 0.05) is 18.8 Å². The lowest BCUT2D eigenvalue weighted by Gasteiger charge is -2.25. The molecule has 0 amide bonds. The highest BCUT2D eigenvalue weighted by Crippen LogP contribution is 2.32. The van der Waals surface area contributed by atoms with Gasteiger partial charge in [-0.15, -0.1) is 4.40 Å². The van der Waals surface area contributed by atoms with Gasteiger partial charge < -0.3 is 10.6 Å². The standard InChI is InChI=1S/C11H14N4O2S/c12-11-10-8(13-18(16,17)14-11)4-3-5-9(10)15-6-1-2-7-15/h3-5,13H,1-2,6-7H2,(H2,12,14). The average Bonchev–Trinajstić information content (AvgIpc) is 2.79. The molecular weight excluding hydrogens is 252 g/mol. The zero-order valence-corrected chi connectivity index (χ0v) is 10.6. The summed E-state index contributed by atoms with van der Waals surface area (Å²) in [6.07, 6.45) is 2.29. The molecule has 18 heavy (non-hydrogen) atoms. The Morgan fingerprint density at radius 2 is 2.00 bits per heavy atom. The summed E-state index contributed by atoms with van der Waals surface area (Å²) in [5, 5.41) is 0.